The smallest absolute Gasteiger partial charge is 0.406 e. The van der Waals surface area contributed by atoms with E-state index < -0.39 is 29.1 Å². The predicted octanol–water partition coefficient (Wildman–Crippen LogP) is 5.02. The zero-order valence-electron chi connectivity index (χ0n) is 26.2. The highest BCUT2D eigenvalue weighted by Crippen LogP contribution is 2.35. The third-order valence-electron chi connectivity index (χ3n) is 9.00. The molecule has 48 heavy (non-hydrogen) atoms. The summed E-state index contributed by atoms with van der Waals surface area (Å²) in [6, 6.07) is 16.4. The van der Waals surface area contributed by atoms with E-state index >= 15 is 4.39 Å². The van der Waals surface area contributed by atoms with Gasteiger partial charge in [-0.15, -0.1) is 13.2 Å². The molecule has 0 bridgehead atoms. The molecule has 3 aromatic carbocycles. The Kier molecular flexibility index (Phi) is 9.05. The Bertz CT molecular complexity index is 1880. The number of alkyl halides is 3. The molecule has 6 rings (SSSR count). The second kappa shape index (κ2) is 13.2. The van der Waals surface area contributed by atoms with E-state index in [1.807, 2.05) is 31.2 Å². The lowest BCUT2D eigenvalue weighted by Crippen LogP contribution is -2.56. The van der Waals surface area contributed by atoms with E-state index in [1.165, 1.54) is 58.3 Å². The van der Waals surface area contributed by atoms with Gasteiger partial charge >= 0.3 is 12.1 Å². The molecule has 1 aliphatic heterocycles. The number of rotatable bonds is 10. The third kappa shape index (κ3) is 7.10. The quantitative estimate of drug-likeness (QED) is 0.193. The summed E-state index contributed by atoms with van der Waals surface area (Å²) in [5.41, 5.74) is 1.45. The maximum Gasteiger partial charge on any atom is 0.573 e. The first-order chi connectivity index (χ1) is 22.9. The van der Waals surface area contributed by atoms with Gasteiger partial charge in [-0.1, -0.05) is 25.1 Å². The zero-order chi connectivity index (χ0) is 34.1. The topological polar surface area (TPSA) is 86.2 Å². The number of halogens is 5. The third-order valence-corrected chi connectivity index (χ3v) is 9.00. The van der Waals surface area contributed by atoms with Crippen molar-refractivity contribution >= 4 is 5.69 Å². The number of hydrogen-bond donors (Lipinski definition) is 0. The van der Waals surface area contributed by atoms with Crippen molar-refractivity contribution in [2.45, 2.75) is 44.8 Å². The molecule has 1 saturated heterocycles. The monoisotopic (exact) mass is 668 g/mol. The van der Waals surface area contributed by atoms with Crippen LogP contribution in [0.25, 0.3) is 5.69 Å². The summed E-state index contributed by atoms with van der Waals surface area (Å²) in [6.45, 7) is 7.28. The molecular weight excluding hydrogens is 635 g/mol. The maximum atomic E-state index is 15.1. The van der Waals surface area contributed by atoms with Crippen molar-refractivity contribution in [3.8, 4) is 11.4 Å². The molecule has 0 aliphatic carbocycles. The summed E-state index contributed by atoms with van der Waals surface area (Å²) in [6.07, 6.45) is -0.359. The summed E-state index contributed by atoms with van der Waals surface area (Å²) >= 11 is 0. The predicted molar refractivity (Wildman–Crippen MR) is 167 cm³/mol. The average molecular weight is 669 g/mol. The van der Waals surface area contributed by atoms with E-state index in [4.69, 9.17) is 0 Å². The average Bonchev–Trinajstić information content (AvgIpc) is 3.70. The molecule has 1 fully saturated rings. The van der Waals surface area contributed by atoms with E-state index in [1.54, 1.807) is 11.0 Å². The molecular formula is C33H33F5N8O2. The van der Waals surface area contributed by atoms with Gasteiger partial charge in [-0.3, -0.25) is 9.58 Å². The minimum absolute atomic E-state index is 0.0740. The van der Waals surface area contributed by atoms with Crippen LogP contribution in [0.1, 0.15) is 25.0 Å². The van der Waals surface area contributed by atoms with Crippen LogP contribution in [0.15, 0.2) is 90.5 Å². The van der Waals surface area contributed by atoms with Crippen LogP contribution in [0, 0.1) is 11.6 Å². The van der Waals surface area contributed by atoms with Crippen LogP contribution in [0.5, 0.6) is 5.75 Å². The van der Waals surface area contributed by atoms with Crippen LogP contribution in [0.4, 0.5) is 27.6 Å². The van der Waals surface area contributed by atoms with Gasteiger partial charge < -0.3 is 9.64 Å². The summed E-state index contributed by atoms with van der Waals surface area (Å²) < 4.78 is 74.5. The van der Waals surface area contributed by atoms with Crippen LogP contribution >= 0.6 is 0 Å². The van der Waals surface area contributed by atoms with E-state index in [-0.39, 0.29) is 18.3 Å². The first kappa shape index (κ1) is 32.9. The Balaban J connectivity index is 1.10. The number of hydrogen-bond acceptors (Lipinski definition) is 7. The van der Waals surface area contributed by atoms with Crippen molar-refractivity contribution in [2.24, 2.45) is 0 Å². The molecule has 0 spiro atoms. The molecule has 0 saturated carbocycles. The van der Waals surface area contributed by atoms with Crippen molar-refractivity contribution in [3.05, 3.63) is 119 Å². The van der Waals surface area contributed by atoms with Gasteiger partial charge in [-0.25, -0.2) is 27.8 Å². The molecule has 2 atom stereocenters. The summed E-state index contributed by atoms with van der Waals surface area (Å²) in [7, 11) is 0. The van der Waals surface area contributed by atoms with Gasteiger partial charge in [0.2, 0.25) is 0 Å². The SMILES string of the molecule is CC(N1CCN(c2ccc(-n3cnn(Cc4ccc(OC(F)(F)F)cc4)c3=O)cc2)CC1)C(C)(Cn1cncn1)c1ccc(F)cc1F. The Morgan fingerprint density at radius 1 is 0.875 bits per heavy atom. The maximum absolute atomic E-state index is 15.1. The first-order valence-electron chi connectivity index (χ1n) is 15.3. The van der Waals surface area contributed by atoms with E-state index in [2.05, 4.69) is 36.6 Å². The first-order valence-corrected chi connectivity index (χ1v) is 15.3. The number of nitrogens with zero attached hydrogens (tertiary/aromatic N) is 8. The van der Waals surface area contributed by atoms with Crippen LogP contribution < -0.4 is 15.3 Å². The van der Waals surface area contributed by atoms with Gasteiger partial charge in [0.15, 0.2) is 0 Å². The lowest BCUT2D eigenvalue weighted by atomic mass is 9.75. The second-order valence-electron chi connectivity index (χ2n) is 12.0. The summed E-state index contributed by atoms with van der Waals surface area (Å²) in [5.74, 6) is -1.57. The van der Waals surface area contributed by atoms with Crippen molar-refractivity contribution < 1.29 is 26.7 Å². The van der Waals surface area contributed by atoms with E-state index in [9.17, 15) is 22.4 Å². The Morgan fingerprint density at radius 2 is 1.56 bits per heavy atom. The fraction of sp³-hybridized carbons (Fsp3) is 0.333. The van der Waals surface area contributed by atoms with Gasteiger partial charge in [0.05, 0.1) is 18.8 Å². The van der Waals surface area contributed by atoms with Crippen LogP contribution in [-0.4, -0.2) is 72.6 Å². The van der Waals surface area contributed by atoms with Crippen LogP contribution in [0.3, 0.4) is 0 Å². The minimum Gasteiger partial charge on any atom is -0.406 e. The normalized spacial score (nSPS) is 16.1. The van der Waals surface area contributed by atoms with E-state index in [0.29, 0.717) is 49.5 Å². The fourth-order valence-corrected chi connectivity index (χ4v) is 6.23. The van der Waals surface area contributed by atoms with Gasteiger partial charge in [-0.05, 0) is 60.5 Å². The Hall–Kier alpha value is -5.05. The van der Waals surface area contributed by atoms with Crippen molar-refractivity contribution in [1.82, 2.24) is 34.0 Å². The Morgan fingerprint density at radius 3 is 2.19 bits per heavy atom. The highest BCUT2D eigenvalue weighted by Gasteiger charge is 2.40. The molecule has 0 amide bonds. The van der Waals surface area contributed by atoms with Crippen molar-refractivity contribution in [3.63, 3.8) is 0 Å². The highest BCUT2D eigenvalue weighted by molar-refractivity contribution is 5.51. The molecule has 0 radical (unpaired) electrons. The highest BCUT2D eigenvalue weighted by atomic mass is 19.4. The second-order valence-corrected chi connectivity index (χ2v) is 12.0. The van der Waals surface area contributed by atoms with Gasteiger partial charge in [0, 0.05) is 49.4 Å². The molecule has 2 unspecified atom stereocenters. The number of ether oxygens (including phenoxy) is 1. The molecule has 10 nitrogen and oxygen atoms in total. The zero-order valence-corrected chi connectivity index (χ0v) is 26.2. The fourth-order valence-electron chi connectivity index (χ4n) is 6.23. The van der Waals surface area contributed by atoms with Crippen molar-refractivity contribution in [1.29, 1.82) is 0 Å². The van der Waals surface area contributed by atoms with Crippen LogP contribution in [-0.2, 0) is 18.5 Å². The molecule has 252 valence electrons. The minimum atomic E-state index is -4.78. The number of anilines is 1. The molecule has 0 N–H and O–H groups in total. The lowest BCUT2D eigenvalue weighted by molar-refractivity contribution is -0.274. The largest absolute Gasteiger partial charge is 0.573 e. The summed E-state index contributed by atoms with van der Waals surface area (Å²) in [5, 5.41) is 8.41. The van der Waals surface area contributed by atoms with Crippen LogP contribution in [0.2, 0.25) is 0 Å². The lowest BCUT2D eigenvalue weighted by Gasteiger charge is -2.46. The summed E-state index contributed by atoms with van der Waals surface area (Å²) in [4.78, 5) is 21.6. The number of piperazine rings is 1. The molecule has 3 heterocycles. The number of benzene rings is 3. The van der Waals surface area contributed by atoms with Gasteiger partial charge in [-0.2, -0.15) is 10.2 Å². The van der Waals surface area contributed by atoms with Gasteiger partial charge in [0.1, 0.15) is 36.4 Å². The van der Waals surface area contributed by atoms with Crippen molar-refractivity contribution in [2.75, 3.05) is 31.1 Å². The van der Waals surface area contributed by atoms with Gasteiger partial charge in [0.25, 0.3) is 0 Å². The molecule has 1 aliphatic rings. The molecule has 2 aromatic heterocycles. The standard InChI is InChI=1S/C33H33F5N8O2/c1-23(32(2,19-44-21-39-20-40-44)29-12-5-25(34)17-30(29)35)42-13-15-43(16-14-42)26-6-8-27(9-7-26)45-22-41-46(31(45)47)18-24-3-10-28(11-4-24)48-33(36,37)38/h3-12,17,20-23H,13-16,18-19H2,1-2H3. The van der Waals surface area contributed by atoms with E-state index in [0.717, 1.165) is 11.8 Å². The Labute approximate surface area is 272 Å². The molecule has 15 heteroatoms. The number of aromatic nitrogens is 6. The molecule has 5 aromatic rings.